The fraction of sp³-hybridized carbons (Fsp3) is 0.350. The van der Waals surface area contributed by atoms with Crippen LogP contribution >= 0.6 is 0 Å². The normalized spacial score (nSPS) is 11.6. The Balaban J connectivity index is 2.08. The molecule has 0 aliphatic carbocycles. The first-order chi connectivity index (χ1) is 13.0. The van der Waals surface area contributed by atoms with Crippen molar-refractivity contribution in [2.75, 3.05) is 6.61 Å². The number of aryl methyl sites for hydroxylation is 2. The number of hydrogen-bond acceptors (Lipinski definition) is 4. The Bertz CT molecular complexity index is 1100. The van der Waals surface area contributed by atoms with Crippen molar-refractivity contribution in [3.8, 4) is 5.75 Å². The van der Waals surface area contributed by atoms with Gasteiger partial charge in [-0.1, -0.05) is 18.2 Å². The third-order valence-corrected chi connectivity index (χ3v) is 4.52. The average Bonchev–Trinajstić information content (AvgIpc) is 2.99. The minimum atomic E-state index is -0.322. The molecular formula is C20H24N4O3. The molecule has 0 aliphatic heterocycles. The Morgan fingerprint density at radius 2 is 1.67 bits per heavy atom. The molecule has 2 aromatic heterocycles. The van der Waals surface area contributed by atoms with Gasteiger partial charge in [0.1, 0.15) is 11.6 Å². The standard InChI is InChI=1S/C20H24N4O3/c1-5-23-18-17(19(25)24(6-2)20(23)26)22(4)16(21-18)13-10-14-8-11-15(12-9-14)27-7-3/h8-13H,5-7H2,1-4H3. The second kappa shape index (κ2) is 7.65. The monoisotopic (exact) mass is 368 g/mol. The van der Waals surface area contributed by atoms with Crippen LogP contribution in [0.3, 0.4) is 0 Å². The van der Waals surface area contributed by atoms with Crippen LogP contribution in [-0.2, 0) is 20.1 Å². The van der Waals surface area contributed by atoms with Gasteiger partial charge in [-0.15, -0.1) is 0 Å². The van der Waals surface area contributed by atoms with Gasteiger partial charge in [-0.25, -0.2) is 9.78 Å². The SMILES string of the molecule is CCOc1ccc(C=Cc2nc3c(c(=O)n(CC)c(=O)n3CC)n2C)cc1. The minimum Gasteiger partial charge on any atom is -0.494 e. The highest BCUT2D eigenvalue weighted by atomic mass is 16.5. The molecule has 27 heavy (non-hydrogen) atoms. The molecule has 0 fully saturated rings. The number of benzene rings is 1. The van der Waals surface area contributed by atoms with E-state index in [-0.39, 0.29) is 11.2 Å². The summed E-state index contributed by atoms with van der Waals surface area (Å²) >= 11 is 0. The molecule has 0 spiro atoms. The molecule has 3 aromatic rings. The summed E-state index contributed by atoms with van der Waals surface area (Å²) in [4.78, 5) is 29.7. The van der Waals surface area contributed by atoms with Gasteiger partial charge < -0.3 is 9.30 Å². The van der Waals surface area contributed by atoms with Gasteiger partial charge in [-0.05, 0) is 44.5 Å². The quantitative estimate of drug-likeness (QED) is 0.670. The Kier molecular flexibility index (Phi) is 5.30. The highest BCUT2D eigenvalue weighted by molar-refractivity contribution is 5.76. The summed E-state index contributed by atoms with van der Waals surface area (Å²) in [5.74, 6) is 1.44. The number of fused-ring (bicyclic) bond motifs is 1. The molecule has 0 unspecified atom stereocenters. The van der Waals surface area contributed by atoms with Gasteiger partial charge in [-0.3, -0.25) is 13.9 Å². The van der Waals surface area contributed by atoms with E-state index in [0.717, 1.165) is 11.3 Å². The number of hydrogen-bond donors (Lipinski definition) is 0. The summed E-state index contributed by atoms with van der Waals surface area (Å²) in [7, 11) is 1.79. The lowest BCUT2D eigenvalue weighted by Gasteiger charge is -2.08. The van der Waals surface area contributed by atoms with Crippen LogP contribution in [-0.4, -0.2) is 25.3 Å². The fourth-order valence-electron chi connectivity index (χ4n) is 3.10. The zero-order valence-electron chi connectivity index (χ0n) is 16.1. The van der Waals surface area contributed by atoms with Crippen molar-refractivity contribution in [2.45, 2.75) is 33.9 Å². The summed E-state index contributed by atoms with van der Waals surface area (Å²) in [6.45, 7) is 7.02. The Labute approximate surface area is 157 Å². The van der Waals surface area contributed by atoms with E-state index in [0.29, 0.717) is 36.7 Å². The van der Waals surface area contributed by atoms with E-state index >= 15 is 0 Å². The maximum absolute atomic E-state index is 12.7. The number of nitrogens with zero attached hydrogens (tertiary/aromatic N) is 4. The molecular weight excluding hydrogens is 344 g/mol. The lowest BCUT2D eigenvalue weighted by atomic mass is 10.2. The van der Waals surface area contributed by atoms with Gasteiger partial charge in [-0.2, -0.15) is 0 Å². The minimum absolute atomic E-state index is 0.307. The second-order valence-electron chi connectivity index (χ2n) is 6.11. The van der Waals surface area contributed by atoms with Crippen molar-refractivity contribution in [1.82, 2.24) is 18.7 Å². The van der Waals surface area contributed by atoms with Crippen LogP contribution in [0.15, 0.2) is 33.9 Å². The summed E-state index contributed by atoms with van der Waals surface area (Å²) in [6, 6.07) is 7.73. The van der Waals surface area contributed by atoms with E-state index in [1.165, 1.54) is 9.13 Å². The fourth-order valence-corrected chi connectivity index (χ4v) is 3.10. The average molecular weight is 368 g/mol. The molecule has 0 bridgehead atoms. The van der Waals surface area contributed by atoms with Crippen molar-refractivity contribution in [3.63, 3.8) is 0 Å². The van der Waals surface area contributed by atoms with Gasteiger partial charge >= 0.3 is 5.69 Å². The lowest BCUT2D eigenvalue weighted by molar-refractivity contribution is 0.340. The van der Waals surface area contributed by atoms with E-state index in [4.69, 9.17) is 4.74 Å². The highest BCUT2D eigenvalue weighted by Crippen LogP contribution is 2.16. The van der Waals surface area contributed by atoms with Crippen molar-refractivity contribution >= 4 is 23.3 Å². The van der Waals surface area contributed by atoms with E-state index in [1.54, 1.807) is 18.5 Å². The third kappa shape index (κ3) is 3.32. The first-order valence-corrected chi connectivity index (χ1v) is 9.12. The smallest absolute Gasteiger partial charge is 0.332 e. The maximum atomic E-state index is 12.7. The van der Waals surface area contributed by atoms with Gasteiger partial charge in [0.2, 0.25) is 0 Å². The topological polar surface area (TPSA) is 71.1 Å². The largest absolute Gasteiger partial charge is 0.494 e. The van der Waals surface area contributed by atoms with Crippen LogP contribution in [0.2, 0.25) is 0 Å². The van der Waals surface area contributed by atoms with E-state index < -0.39 is 0 Å². The lowest BCUT2D eigenvalue weighted by Crippen LogP contribution is -2.39. The van der Waals surface area contributed by atoms with Gasteiger partial charge in [0.05, 0.1) is 6.61 Å². The molecule has 0 atom stereocenters. The van der Waals surface area contributed by atoms with Crippen molar-refractivity contribution in [2.24, 2.45) is 7.05 Å². The Morgan fingerprint density at radius 3 is 2.26 bits per heavy atom. The Morgan fingerprint density at radius 1 is 1.00 bits per heavy atom. The molecule has 3 rings (SSSR count). The van der Waals surface area contributed by atoms with Crippen molar-refractivity contribution in [1.29, 1.82) is 0 Å². The molecule has 0 radical (unpaired) electrons. The summed E-state index contributed by atoms with van der Waals surface area (Å²) < 4.78 is 9.96. The molecule has 142 valence electrons. The van der Waals surface area contributed by atoms with E-state index in [1.807, 2.05) is 50.3 Å². The molecule has 0 saturated heterocycles. The second-order valence-corrected chi connectivity index (χ2v) is 6.11. The van der Waals surface area contributed by atoms with E-state index in [2.05, 4.69) is 4.98 Å². The van der Waals surface area contributed by atoms with Gasteiger partial charge in [0.15, 0.2) is 11.2 Å². The number of aromatic nitrogens is 4. The van der Waals surface area contributed by atoms with Crippen LogP contribution in [0.1, 0.15) is 32.2 Å². The molecule has 0 saturated carbocycles. The number of imidazole rings is 1. The summed E-state index contributed by atoms with van der Waals surface area (Å²) in [5, 5.41) is 0. The zero-order valence-corrected chi connectivity index (χ0v) is 16.1. The molecule has 0 aliphatic rings. The summed E-state index contributed by atoms with van der Waals surface area (Å²) in [5.41, 5.74) is 1.22. The maximum Gasteiger partial charge on any atom is 0.332 e. The molecule has 7 heteroatoms. The van der Waals surface area contributed by atoms with Crippen LogP contribution < -0.4 is 16.0 Å². The highest BCUT2D eigenvalue weighted by Gasteiger charge is 2.17. The predicted octanol–water partition coefficient (Wildman–Crippen LogP) is 2.51. The molecule has 2 heterocycles. The van der Waals surface area contributed by atoms with Crippen LogP contribution in [0, 0.1) is 0 Å². The first-order valence-electron chi connectivity index (χ1n) is 9.12. The number of rotatable bonds is 6. The van der Waals surface area contributed by atoms with Crippen LogP contribution in [0.25, 0.3) is 23.3 Å². The third-order valence-electron chi connectivity index (χ3n) is 4.52. The van der Waals surface area contributed by atoms with Crippen LogP contribution in [0.5, 0.6) is 5.75 Å². The van der Waals surface area contributed by atoms with Crippen molar-refractivity contribution in [3.05, 3.63) is 56.5 Å². The molecule has 1 aromatic carbocycles. The first kappa shape index (κ1) is 18.7. The number of ether oxygens (including phenoxy) is 1. The van der Waals surface area contributed by atoms with Gasteiger partial charge in [0.25, 0.3) is 5.56 Å². The van der Waals surface area contributed by atoms with Crippen molar-refractivity contribution < 1.29 is 4.74 Å². The van der Waals surface area contributed by atoms with Gasteiger partial charge in [0, 0.05) is 20.1 Å². The van der Waals surface area contributed by atoms with Crippen LogP contribution in [0.4, 0.5) is 0 Å². The summed E-state index contributed by atoms with van der Waals surface area (Å²) in [6.07, 6.45) is 3.76. The molecule has 0 N–H and O–H groups in total. The zero-order chi connectivity index (χ0) is 19.6. The van der Waals surface area contributed by atoms with E-state index in [9.17, 15) is 9.59 Å². The Hall–Kier alpha value is -3.09. The molecule has 0 amide bonds. The predicted molar refractivity (Wildman–Crippen MR) is 107 cm³/mol. The molecule has 7 nitrogen and oxygen atoms in total.